The maximum atomic E-state index is 9.20. The summed E-state index contributed by atoms with van der Waals surface area (Å²) in [4.78, 5) is 2.51. The van der Waals surface area contributed by atoms with E-state index in [4.69, 9.17) is 4.74 Å². The first-order valence-corrected chi connectivity index (χ1v) is 6.39. The second kappa shape index (κ2) is 3.97. The van der Waals surface area contributed by atoms with E-state index in [1.165, 1.54) is 0 Å². The lowest BCUT2D eigenvalue weighted by atomic mass is 9.93. The fourth-order valence-electron chi connectivity index (χ4n) is 3.40. The van der Waals surface area contributed by atoms with Crippen molar-refractivity contribution in [2.75, 3.05) is 19.7 Å². The Kier molecular flexibility index (Phi) is 3.06. The Morgan fingerprint density at radius 3 is 2.44 bits per heavy atom. The highest BCUT2D eigenvalue weighted by Gasteiger charge is 2.49. The van der Waals surface area contributed by atoms with Crippen molar-refractivity contribution in [3.05, 3.63) is 0 Å². The Morgan fingerprint density at radius 2 is 2.00 bits per heavy atom. The molecular weight excluding hydrogens is 202 g/mol. The quantitative estimate of drug-likeness (QED) is 0.778. The van der Waals surface area contributed by atoms with Crippen LogP contribution in [0.2, 0.25) is 0 Å². The van der Waals surface area contributed by atoms with Gasteiger partial charge in [-0.15, -0.1) is 0 Å². The highest BCUT2D eigenvalue weighted by atomic mass is 16.5. The molecule has 16 heavy (non-hydrogen) atoms. The van der Waals surface area contributed by atoms with Crippen LogP contribution >= 0.6 is 0 Å². The van der Waals surface area contributed by atoms with Gasteiger partial charge in [0.15, 0.2) is 0 Å². The van der Waals surface area contributed by atoms with Gasteiger partial charge >= 0.3 is 0 Å². The highest BCUT2D eigenvalue weighted by molar-refractivity contribution is 5.01. The van der Waals surface area contributed by atoms with E-state index in [0.717, 1.165) is 25.9 Å². The van der Waals surface area contributed by atoms with Gasteiger partial charge in [-0.2, -0.15) is 0 Å². The van der Waals surface area contributed by atoms with Gasteiger partial charge in [-0.05, 0) is 53.0 Å². The molecule has 0 radical (unpaired) electrons. The predicted octanol–water partition coefficient (Wildman–Crippen LogP) is 1.65. The maximum Gasteiger partial charge on any atom is 0.0789 e. The van der Waals surface area contributed by atoms with Crippen molar-refractivity contribution in [3.8, 4) is 0 Å². The van der Waals surface area contributed by atoms with Crippen LogP contribution in [0.25, 0.3) is 0 Å². The monoisotopic (exact) mass is 227 g/mol. The van der Waals surface area contributed by atoms with Gasteiger partial charge in [0.1, 0.15) is 0 Å². The van der Waals surface area contributed by atoms with E-state index in [0.29, 0.717) is 18.6 Å². The summed E-state index contributed by atoms with van der Waals surface area (Å²) in [5.74, 6) is 0.472. The summed E-state index contributed by atoms with van der Waals surface area (Å²) in [5, 5.41) is 9.20. The van der Waals surface area contributed by atoms with E-state index >= 15 is 0 Å². The molecule has 2 atom stereocenters. The second-order valence-corrected chi connectivity index (χ2v) is 6.52. The molecule has 2 aliphatic rings. The first kappa shape index (κ1) is 12.3. The van der Waals surface area contributed by atoms with Gasteiger partial charge in [-0.1, -0.05) is 0 Å². The Hall–Kier alpha value is -0.120. The van der Waals surface area contributed by atoms with E-state index in [1.807, 2.05) is 0 Å². The van der Waals surface area contributed by atoms with Crippen LogP contribution in [0.3, 0.4) is 0 Å². The molecule has 2 heterocycles. The fourth-order valence-corrected chi connectivity index (χ4v) is 3.40. The number of ether oxygens (including phenoxy) is 1. The Bertz CT molecular complexity index is 263. The van der Waals surface area contributed by atoms with Gasteiger partial charge < -0.3 is 9.84 Å². The summed E-state index contributed by atoms with van der Waals surface area (Å²) < 4.78 is 6.13. The molecule has 0 amide bonds. The molecule has 0 spiro atoms. The average Bonchev–Trinajstić information content (AvgIpc) is 2.67. The molecule has 94 valence electrons. The van der Waals surface area contributed by atoms with Crippen LogP contribution in [-0.4, -0.2) is 46.9 Å². The van der Waals surface area contributed by atoms with E-state index in [-0.39, 0.29) is 11.2 Å². The smallest absolute Gasteiger partial charge is 0.0789 e. The average molecular weight is 227 g/mol. The van der Waals surface area contributed by atoms with Crippen molar-refractivity contribution in [2.45, 2.75) is 57.8 Å². The molecule has 1 N–H and O–H groups in total. The lowest BCUT2D eigenvalue weighted by Crippen LogP contribution is -2.45. The molecule has 3 nitrogen and oxygen atoms in total. The van der Waals surface area contributed by atoms with Crippen LogP contribution in [0.15, 0.2) is 0 Å². The molecule has 0 aromatic rings. The molecule has 2 fully saturated rings. The molecule has 0 aromatic carbocycles. The third-order valence-electron chi connectivity index (χ3n) is 4.04. The molecule has 0 aliphatic carbocycles. The molecular formula is C13H25NO2. The topological polar surface area (TPSA) is 32.7 Å². The number of rotatable bonds is 2. The molecule has 0 bridgehead atoms. The van der Waals surface area contributed by atoms with Gasteiger partial charge in [-0.3, -0.25) is 4.90 Å². The third kappa shape index (κ3) is 2.27. The van der Waals surface area contributed by atoms with E-state index in [2.05, 4.69) is 32.6 Å². The van der Waals surface area contributed by atoms with Gasteiger partial charge in [0.2, 0.25) is 0 Å². The molecule has 0 saturated carbocycles. The van der Waals surface area contributed by atoms with Crippen molar-refractivity contribution in [3.63, 3.8) is 0 Å². The van der Waals surface area contributed by atoms with E-state index in [9.17, 15) is 5.11 Å². The van der Waals surface area contributed by atoms with Gasteiger partial charge in [0.25, 0.3) is 0 Å². The first-order chi connectivity index (χ1) is 7.34. The molecule has 2 rings (SSSR count). The van der Waals surface area contributed by atoms with Crippen molar-refractivity contribution >= 4 is 0 Å². The number of nitrogens with zero attached hydrogens (tertiary/aromatic N) is 1. The largest absolute Gasteiger partial charge is 0.396 e. The summed E-state index contributed by atoms with van der Waals surface area (Å²) in [5.41, 5.74) is -0.0701. The number of likely N-dealkylation sites (tertiary alicyclic amines) is 1. The van der Waals surface area contributed by atoms with Gasteiger partial charge in [0.05, 0.1) is 11.2 Å². The zero-order valence-corrected chi connectivity index (χ0v) is 11.0. The first-order valence-electron chi connectivity index (χ1n) is 6.39. The van der Waals surface area contributed by atoms with Gasteiger partial charge in [0, 0.05) is 19.2 Å². The Balaban J connectivity index is 2.05. The summed E-state index contributed by atoms with van der Waals surface area (Å²) in [6.07, 6.45) is 2.22. The maximum absolute atomic E-state index is 9.20. The normalized spacial score (nSPS) is 38.1. The van der Waals surface area contributed by atoms with E-state index < -0.39 is 0 Å². The Labute approximate surface area is 98.8 Å². The predicted molar refractivity (Wildman–Crippen MR) is 64.4 cm³/mol. The van der Waals surface area contributed by atoms with Crippen LogP contribution in [-0.2, 0) is 4.74 Å². The minimum Gasteiger partial charge on any atom is -0.396 e. The number of hydrogen-bond acceptors (Lipinski definition) is 3. The van der Waals surface area contributed by atoms with Crippen molar-refractivity contribution < 1.29 is 9.84 Å². The van der Waals surface area contributed by atoms with Gasteiger partial charge in [-0.25, -0.2) is 0 Å². The second-order valence-electron chi connectivity index (χ2n) is 6.52. The minimum atomic E-state index is -0.0617. The van der Waals surface area contributed by atoms with Crippen molar-refractivity contribution in [2.24, 2.45) is 5.92 Å². The fraction of sp³-hybridized carbons (Fsp3) is 1.00. The van der Waals surface area contributed by atoms with Crippen molar-refractivity contribution in [1.82, 2.24) is 4.90 Å². The number of hydrogen-bond donors (Lipinski definition) is 1. The lowest BCUT2D eigenvalue weighted by molar-refractivity contribution is -0.0791. The summed E-state index contributed by atoms with van der Waals surface area (Å²) in [6.45, 7) is 11.2. The zero-order chi connectivity index (χ0) is 12.0. The molecule has 2 saturated heterocycles. The third-order valence-corrected chi connectivity index (χ3v) is 4.04. The SMILES string of the molecule is CC1(C)CC(N2CCC(CO)C2)C(C)(C)O1. The van der Waals surface area contributed by atoms with Crippen LogP contribution < -0.4 is 0 Å². The minimum absolute atomic E-state index is 0.00846. The number of aliphatic hydroxyl groups is 1. The summed E-state index contributed by atoms with van der Waals surface area (Å²) in [7, 11) is 0. The van der Waals surface area contributed by atoms with Crippen LogP contribution in [0.1, 0.15) is 40.5 Å². The molecule has 2 unspecified atom stereocenters. The standard InChI is InChI=1S/C13H25NO2/c1-12(2)7-11(13(3,4)16-12)14-6-5-10(8-14)9-15/h10-11,15H,5-9H2,1-4H3. The number of aliphatic hydroxyl groups excluding tert-OH is 1. The summed E-state index contributed by atoms with van der Waals surface area (Å²) >= 11 is 0. The van der Waals surface area contributed by atoms with Crippen molar-refractivity contribution in [1.29, 1.82) is 0 Å². The molecule has 0 aromatic heterocycles. The van der Waals surface area contributed by atoms with E-state index in [1.54, 1.807) is 0 Å². The molecule has 2 aliphatic heterocycles. The van der Waals surface area contributed by atoms with Crippen LogP contribution in [0, 0.1) is 5.92 Å². The summed E-state index contributed by atoms with van der Waals surface area (Å²) in [6, 6.07) is 0.499. The van der Waals surface area contributed by atoms with Crippen LogP contribution in [0.4, 0.5) is 0 Å². The van der Waals surface area contributed by atoms with Crippen LogP contribution in [0.5, 0.6) is 0 Å². The Morgan fingerprint density at radius 1 is 1.31 bits per heavy atom. The zero-order valence-electron chi connectivity index (χ0n) is 11.0. The highest BCUT2D eigenvalue weighted by Crippen LogP contribution is 2.41. The lowest BCUT2D eigenvalue weighted by Gasteiger charge is -2.33. The molecule has 3 heteroatoms.